The van der Waals surface area contributed by atoms with Gasteiger partial charge in [-0.25, -0.2) is 13.2 Å². The maximum atomic E-state index is 13.5. The van der Waals surface area contributed by atoms with Gasteiger partial charge < -0.3 is 10.6 Å². The van der Waals surface area contributed by atoms with E-state index in [1.54, 1.807) is 0 Å². The minimum atomic E-state index is -1.04. The number of nitrogens with one attached hydrogen (secondary N) is 2. The molecule has 0 spiro atoms. The van der Waals surface area contributed by atoms with Crippen LogP contribution in [0.15, 0.2) is 12.1 Å². The second-order valence-electron chi connectivity index (χ2n) is 6.61. The van der Waals surface area contributed by atoms with Gasteiger partial charge in [-0.1, -0.05) is 27.2 Å². The van der Waals surface area contributed by atoms with Crippen LogP contribution in [0.4, 0.5) is 18.9 Å². The van der Waals surface area contributed by atoms with Gasteiger partial charge in [0.1, 0.15) is 17.3 Å². The van der Waals surface area contributed by atoms with Gasteiger partial charge in [0.15, 0.2) is 16.7 Å². The second kappa shape index (κ2) is 9.01. The summed E-state index contributed by atoms with van der Waals surface area (Å²) in [5.74, 6) is -2.84. The van der Waals surface area contributed by atoms with Gasteiger partial charge in [-0.15, -0.1) is 0 Å². The van der Waals surface area contributed by atoms with E-state index in [9.17, 15) is 18.0 Å². The van der Waals surface area contributed by atoms with E-state index in [-0.39, 0.29) is 16.3 Å². The van der Waals surface area contributed by atoms with Crippen molar-refractivity contribution in [2.45, 2.75) is 46.5 Å². The van der Waals surface area contributed by atoms with E-state index in [0.29, 0.717) is 25.1 Å². The summed E-state index contributed by atoms with van der Waals surface area (Å²) in [4.78, 5) is 11.8. The minimum absolute atomic E-state index is 0.0603. The first-order valence-electron chi connectivity index (χ1n) is 7.84. The molecule has 0 aromatic heterocycles. The Morgan fingerprint density at radius 1 is 1.08 bits per heavy atom. The van der Waals surface area contributed by atoms with Gasteiger partial charge in [0.05, 0.1) is 0 Å². The fraction of sp³-hybridized carbons (Fsp3) is 0.529. The van der Waals surface area contributed by atoms with Crippen molar-refractivity contribution in [1.29, 1.82) is 0 Å². The molecule has 0 heterocycles. The third kappa shape index (κ3) is 6.86. The summed E-state index contributed by atoms with van der Waals surface area (Å²) in [7, 11) is 0. The van der Waals surface area contributed by atoms with Gasteiger partial charge in [-0.3, -0.25) is 4.79 Å². The largest absolute Gasteiger partial charge is 0.362 e. The van der Waals surface area contributed by atoms with Crippen LogP contribution in [0.3, 0.4) is 0 Å². The molecule has 0 saturated carbocycles. The van der Waals surface area contributed by atoms with Crippen LogP contribution in [0.2, 0.25) is 0 Å². The molecule has 3 nitrogen and oxygen atoms in total. The molecular formula is C17H23F3N2OS. The molecule has 0 radical (unpaired) electrons. The highest BCUT2D eigenvalue weighted by atomic mass is 32.1. The summed E-state index contributed by atoms with van der Waals surface area (Å²) in [6, 6.07) is 1.17. The number of carbonyl (C=O) groups excluding carboxylic acids is 1. The van der Waals surface area contributed by atoms with Crippen LogP contribution < -0.4 is 10.6 Å². The molecule has 0 fully saturated rings. The first-order valence-corrected chi connectivity index (χ1v) is 8.25. The predicted octanol–water partition coefficient (Wildman–Crippen LogP) is 4.57. The maximum Gasteiger partial charge on any atom is 0.170 e. The molecule has 1 aromatic rings. The number of rotatable bonds is 7. The molecule has 134 valence electrons. The van der Waals surface area contributed by atoms with E-state index in [4.69, 9.17) is 12.2 Å². The summed E-state index contributed by atoms with van der Waals surface area (Å²) in [5.41, 5.74) is -0.794. The molecule has 0 aliphatic heterocycles. The average molecular weight is 360 g/mol. The number of ketones is 1. The Hall–Kier alpha value is -1.63. The van der Waals surface area contributed by atoms with Crippen LogP contribution in [-0.4, -0.2) is 17.4 Å². The van der Waals surface area contributed by atoms with Crippen LogP contribution in [-0.2, 0) is 4.79 Å². The summed E-state index contributed by atoms with van der Waals surface area (Å²) in [5, 5.41) is 5.27. The van der Waals surface area contributed by atoms with Crippen molar-refractivity contribution in [3.63, 3.8) is 0 Å². The van der Waals surface area contributed by atoms with E-state index in [1.165, 1.54) is 0 Å². The van der Waals surface area contributed by atoms with E-state index < -0.39 is 23.1 Å². The van der Waals surface area contributed by atoms with Crippen molar-refractivity contribution < 1.29 is 18.0 Å². The normalized spacial score (nSPS) is 11.2. The van der Waals surface area contributed by atoms with Gasteiger partial charge in [0, 0.05) is 30.5 Å². The SMILES string of the molecule is CC(C)(C)C(=O)CCCCCNC(=S)Nc1c(F)cc(F)cc1F. The quantitative estimate of drug-likeness (QED) is 0.552. The molecule has 7 heteroatoms. The molecule has 0 aliphatic carbocycles. The number of thiocarbonyl (C=S) groups is 1. The van der Waals surface area contributed by atoms with E-state index in [2.05, 4.69) is 10.6 Å². The lowest BCUT2D eigenvalue weighted by molar-refractivity contribution is -0.126. The van der Waals surface area contributed by atoms with Crippen LogP contribution in [0.5, 0.6) is 0 Å². The Labute approximate surface area is 146 Å². The van der Waals surface area contributed by atoms with E-state index in [0.717, 1.165) is 19.3 Å². The van der Waals surface area contributed by atoms with Crippen LogP contribution in [0.25, 0.3) is 0 Å². The van der Waals surface area contributed by atoms with Crippen molar-refractivity contribution in [1.82, 2.24) is 5.32 Å². The van der Waals surface area contributed by atoms with Gasteiger partial charge in [0.25, 0.3) is 0 Å². The summed E-state index contributed by atoms with van der Waals surface area (Å²) < 4.78 is 39.8. The topological polar surface area (TPSA) is 41.1 Å². The monoisotopic (exact) mass is 360 g/mol. The second-order valence-corrected chi connectivity index (χ2v) is 7.02. The molecule has 24 heavy (non-hydrogen) atoms. The molecule has 1 rings (SSSR count). The Kier molecular flexibility index (Phi) is 7.66. The molecule has 0 bridgehead atoms. The highest BCUT2D eigenvalue weighted by Crippen LogP contribution is 2.20. The molecule has 0 amide bonds. The molecule has 0 unspecified atom stereocenters. The van der Waals surface area contributed by atoms with E-state index >= 15 is 0 Å². The molecule has 0 aliphatic rings. The van der Waals surface area contributed by atoms with Crippen molar-refractivity contribution in [2.75, 3.05) is 11.9 Å². The zero-order chi connectivity index (χ0) is 18.3. The van der Waals surface area contributed by atoms with Crippen molar-refractivity contribution >= 4 is 28.8 Å². The number of halogens is 3. The number of anilines is 1. The Bertz CT molecular complexity index is 577. The van der Waals surface area contributed by atoms with Gasteiger partial charge in [-0.2, -0.15) is 0 Å². The Balaban J connectivity index is 2.27. The van der Waals surface area contributed by atoms with Crippen LogP contribution >= 0.6 is 12.2 Å². The lowest BCUT2D eigenvalue weighted by atomic mass is 9.88. The standard InChI is InChI=1S/C17H23F3N2OS/c1-17(2,3)14(23)7-5-4-6-8-21-16(24)22-15-12(19)9-11(18)10-13(15)20/h9-10H,4-8H2,1-3H3,(H2,21,22,24). The Morgan fingerprint density at radius 3 is 2.21 bits per heavy atom. The van der Waals surface area contributed by atoms with Crippen molar-refractivity contribution in [2.24, 2.45) is 5.41 Å². The van der Waals surface area contributed by atoms with Crippen molar-refractivity contribution in [3.05, 3.63) is 29.6 Å². The minimum Gasteiger partial charge on any atom is -0.362 e. The summed E-state index contributed by atoms with van der Waals surface area (Å²) in [6.07, 6.45) is 2.95. The number of carbonyl (C=O) groups is 1. The number of hydrogen-bond acceptors (Lipinski definition) is 2. The zero-order valence-electron chi connectivity index (χ0n) is 14.1. The number of hydrogen-bond donors (Lipinski definition) is 2. The fourth-order valence-electron chi connectivity index (χ4n) is 1.98. The molecule has 2 N–H and O–H groups in total. The lowest BCUT2D eigenvalue weighted by Crippen LogP contribution is -2.30. The average Bonchev–Trinajstić information content (AvgIpc) is 2.45. The predicted molar refractivity (Wildman–Crippen MR) is 93.5 cm³/mol. The maximum absolute atomic E-state index is 13.5. The summed E-state index contributed by atoms with van der Waals surface area (Å²) in [6.45, 7) is 6.21. The summed E-state index contributed by atoms with van der Waals surface area (Å²) >= 11 is 4.95. The van der Waals surface area contributed by atoms with Crippen LogP contribution in [0, 0.1) is 22.9 Å². The van der Waals surface area contributed by atoms with E-state index in [1.807, 2.05) is 20.8 Å². The first-order chi connectivity index (χ1) is 11.1. The number of unbranched alkanes of at least 4 members (excludes halogenated alkanes) is 2. The smallest absolute Gasteiger partial charge is 0.170 e. The lowest BCUT2D eigenvalue weighted by Gasteiger charge is -2.16. The third-order valence-electron chi connectivity index (χ3n) is 3.45. The van der Waals surface area contributed by atoms with Crippen molar-refractivity contribution in [3.8, 4) is 0 Å². The highest BCUT2D eigenvalue weighted by Gasteiger charge is 2.19. The fourth-order valence-corrected chi connectivity index (χ4v) is 2.19. The highest BCUT2D eigenvalue weighted by molar-refractivity contribution is 7.80. The molecular weight excluding hydrogens is 337 g/mol. The van der Waals surface area contributed by atoms with Crippen LogP contribution in [0.1, 0.15) is 46.5 Å². The van der Waals surface area contributed by atoms with Gasteiger partial charge in [-0.05, 0) is 25.1 Å². The van der Waals surface area contributed by atoms with Gasteiger partial charge in [0.2, 0.25) is 0 Å². The zero-order valence-corrected chi connectivity index (χ0v) is 15.0. The first kappa shape index (κ1) is 20.4. The number of benzene rings is 1. The number of Topliss-reactive ketones (excluding diaryl/α,β-unsaturated/α-hetero) is 1. The third-order valence-corrected chi connectivity index (χ3v) is 3.69. The van der Waals surface area contributed by atoms with Gasteiger partial charge >= 0.3 is 0 Å². The molecule has 0 atom stereocenters. The molecule has 0 saturated heterocycles. The molecule has 1 aromatic carbocycles. The Morgan fingerprint density at radius 2 is 1.67 bits per heavy atom.